The van der Waals surface area contributed by atoms with E-state index in [1.54, 1.807) is 12.1 Å². The van der Waals surface area contributed by atoms with Crippen LogP contribution in [-0.2, 0) is 14.3 Å². The summed E-state index contributed by atoms with van der Waals surface area (Å²) < 4.78 is 24.6. The summed E-state index contributed by atoms with van der Waals surface area (Å²) >= 11 is 1.14. The van der Waals surface area contributed by atoms with E-state index < -0.39 is 5.97 Å². The van der Waals surface area contributed by atoms with Crippen LogP contribution in [0.3, 0.4) is 0 Å². The first kappa shape index (κ1) is 15.9. The molecule has 1 fully saturated rings. The van der Waals surface area contributed by atoms with Crippen LogP contribution >= 0.6 is 11.3 Å². The van der Waals surface area contributed by atoms with Gasteiger partial charge in [0.2, 0.25) is 0 Å². The average molecular weight is 337 g/mol. The Kier molecular flexibility index (Phi) is 4.88. The molecule has 0 radical (unpaired) electrons. The van der Waals surface area contributed by atoms with Gasteiger partial charge in [0.05, 0.1) is 6.10 Å². The van der Waals surface area contributed by atoms with Crippen molar-refractivity contribution in [1.29, 1.82) is 0 Å². The number of carbonyl (C=O) groups excluding carboxylic acids is 2. The molecule has 2 aromatic rings. The van der Waals surface area contributed by atoms with Crippen LogP contribution in [0.15, 0.2) is 24.3 Å². The third kappa shape index (κ3) is 3.86. The maximum Gasteiger partial charge on any atom is 0.348 e. The zero-order chi connectivity index (χ0) is 16.2. The number of esters is 1. The van der Waals surface area contributed by atoms with Crippen LogP contribution in [0.4, 0.5) is 4.39 Å². The second kappa shape index (κ2) is 7.06. The van der Waals surface area contributed by atoms with Gasteiger partial charge in [0.15, 0.2) is 6.61 Å². The standard InChI is InChI=1S/C16H16FNO4S/c17-12-4-1-5-13-11(12)7-14(23-13)16(20)22-9-15(19)18-8-10-3-2-6-21-10/h1,4-5,7,10H,2-3,6,8-9H2,(H,18,19)/t10-/m1/s1. The molecule has 1 aromatic heterocycles. The van der Waals surface area contributed by atoms with E-state index in [4.69, 9.17) is 9.47 Å². The van der Waals surface area contributed by atoms with Crippen molar-refractivity contribution in [3.63, 3.8) is 0 Å². The number of fused-ring (bicyclic) bond motifs is 1. The van der Waals surface area contributed by atoms with Crippen molar-refractivity contribution in [1.82, 2.24) is 5.32 Å². The Morgan fingerprint density at radius 2 is 2.30 bits per heavy atom. The molecule has 1 aliphatic heterocycles. The third-order valence-corrected chi connectivity index (χ3v) is 4.68. The Morgan fingerprint density at radius 1 is 1.43 bits per heavy atom. The second-order valence-electron chi connectivity index (χ2n) is 5.28. The highest BCUT2D eigenvalue weighted by atomic mass is 32.1. The maximum atomic E-state index is 13.6. The van der Waals surface area contributed by atoms with Gasteiger partial charge in [-0.05, 0) is 31.0 Å². The fourth-order valence-electron chi connectivity index (χ4n) is 2.41. The van der Waals surface area contributed by atoms with Crippen LogP contribution in [0, 0.1) is 5.82 Å². The summed E-state index contributed by atoms with van der Waals surface area (Å²) in [6.07, 6.45) is 1.96. The molecule has 5 nitrogen and oxygen atoms in total. The summed E-state index contributed by atoms with van der Waals surface area (Å²) in [5.74, 6) is -1.38. The third-order valence-electron chi connectivity index (χ3n) is 3.59. The highest BCUT2D eigenvalue weighted by Crippen LogP contribution is 2.28. The van der Waals surface area contributed by atoms with E-state index in [-0.39, 0.29) is 29.3 Å². The fourth-order valence-corrected chi connectivity index (χ4v) is 3.38. The lowest BCUT2D eigenvalue weighted by molar-refractivity contribution is -0.124. The Morgan fingerprint density at radius 3 is 3.04 bits per heavy atom. The van der Waals surface area contributed by atoms with Crippen molar-refractivity contribution in [3.05, 3.63) is 35.0 Å². The number of hydrogen-bond acceptors (Lipinski definition) is 5. The lowest BCUT2D eigenvalue weighted by Crippen LogP contribution is -2.34. The molecule has 1 N–H and O–H groups in total. The fraction of sp³-hybridized carbons (Fsp3) is 0.375. The van der Waals surface area contributed by atoms with Crippen LogP contribution < -0.4 is 5.32 Å². The first-order chi connectivity index (χ1) is 11.1. The summed E-state index contributed by atoms with van der Waals surface area (Å²) in [4.78, 5) is 23.9. The Labute approximate surface area is 136 Å². The molecular weight excluding hydrogens is 321 g/mol. The molecule has 0 bridgehead atoms. The summed E-state index contributed by atoms with van der Waals surface area (Å²) in [5.41, 5.74) is 0. The van der Waals surface area contributed by atoms with E-state index in [0.717, 1.165) is 30.8 Å². The first-order valence-electron chi connectivity index (χ1n) is 7.37. The number of halogens is 1. The minimum absolute atomic E-state index is 0.0419. The molecule has 1 aromatic carbocycles. The SMILES string of the molecule is O=C(COC(=O)c1cc2c(F)cccc2s1)NC[C@H]1CCCO1. The molecule has 7 heteroatoms. The van der Waals surface area contributed by atoms with Crippen molar-refractivity contribution >= 4 is 33.3 Å². The number of amides is 1. The molecule has 1 amide bonds. The van der Waals surface area contributed by atoms with Crippen LogP contribution in [0.25, 0.3) is 10.1 Å². The lowest BCUT2D eigenvalue weighted by atomic mass is 10.2. The predicted molar refractivity (Wildman–Crippen MR) is 84.0 cm³/mol. The molecular formula is C16H16FNO4S. The van der Waals surface area contributed by atoms with Crippen molar-refractivity contribution in [2.45, 2.75) is 18.9 Å². The lowest BCUT2D eigenvalue weighted by Gasteiger charge is -2.10. The molecule has 1 saturated heterocycles. The van der Waals surface area contributed by atoms with Crippen LogP contribution in [0.2, 0.25) is 0 Å². The molecule has 1 atom stereocenters. The van der Waals surface area contributed by atoms with E-state index >= 15 is 0 Å². The number of rotatable bonds is 5. The van der Waals surface area contributed by atoms with Crippen molar-refractivity contribution < 1.29 is 23.5 Å². The van der Waals surface area contributed by atoms with Gasteiger partial charge in [0, 0.05) is 23.2 Å². The second-order valence-corrected chi connectivity index (χ2v) is 6.36. The molecule has 3 rings (SSSR count). The molecule has 1 aliphatic rings. The predicted octanol–water partition coefficient (Wildman–Crippen LogP) is 2.49. The molecule has 0 saturated carbocycles. The normalized spacial score (nSPS) is 17.3. The summed E-state index contributed by atoms with van der Waals surface area (Å²) in [5, 5.41) is 3.05. The van der Waals surface area contributed by atoms with Crippen molar-refractivity contribution in [2.75, 3.05) is 19.8 Å². The Hall–Kier alpha value is -1.99. The molecule has 0 aliphatic carbocycles. The summed E-state index contributed by atoms with van der Waals surface area (Å²) in [6, 6.07) is 6.10. The van der Waals surface area contributed by atoms with E-state index in [2.05, 4.69) is 5.32 Å². The number of benzene rings is 1. The van der Waals surface area contributed by atoms with Gasteiger partial charge in [-0.3, -0.25) is 4.79 Å². The largest absolute Gasteiger partial charge is 0.451 e. The molecule has 2 heterocycles. The summed E-state index contributed by atoms with van der Waals surface area (Å²) in [6.45, 7) is 0.783. The van der Waals surface area contributed by atoms with Gasteiger partial charge in [-0.15, -0.1) is 11.3 Å². The highest BCUT2D eigenvalue weighted by molar-refractivity contribution is 7.20. The Bertz CT molecular complexity index is 724. The topological polar surface area (TPSA) is 64.6 Å². The van der Waals surface area contributed by atoms with Crippen LogP contribution in [0.1, 0.15) is 22.5 Å². The van der Waals surface area contributed by atoms with Gasteiger partial charge in [0.25, 0.3) is 5.91 Å². The van der Waals surface area contributed by atoms with Crippen LogP contribution in [-0.4, -0.2) is 37.7 Å². The summed E-state index contributed by atoms with van der Waals surface area (Å²) in [7, 11) is 0. The number of thiophene rings is 1. The minimum Gasteiger partial charge on any atom is -0.451 e. The van der Waals surface area contributed by atoms with Crippen molar-refractivity contribution in [2.24, 2.45) is 0 Å². The van der Waals surface area contributed by atoms with E-state index in [1.807, 2.05) is 0 Å². The molecule has 0 spiro atoms. The minimum atomic E-state index is -0.627. The maximum absolute atomic E-state index is 13.6. The molecule has 122 valence electrons. The zero-order valence-electron chi connectivity index (χ0n) is 12.3. The number of hydrogen-bond donors (Lipinski definition) is 1. The Balaban J connectivity index is 1.51. The van der Waals surface area contributed by atoms with Gasteiger partial charge in [0.1, 0.15) is 10.7 Å². The molecule has 0 unspecified atom stereocenters. The van der Waals surface area contributed by atoms with Crippen LogP contribution in [0.5, 0.6) is 0 Å². The van der Waals surface area contributed by atoms with E-state index in [1.165, 1.54) is 12.1 Å². The van der Waals surface area contributed by atoms with Gasteiger partial charge >= 0.3 is 5.97 Å². The average Bonchev–Trinajstić information content (AvgIpc) is 3.20. The van der Waals surface area contributed by atoms with E-state index in [9.17, 15) is 14.0 Å². The van der Waals surface area contributed by atoms with Gasteiger partial charge in [-0.25, -0.2) is 9.18 Å². The zero-order valence-corrected chi connectivity index (χ0v) is 13.2. The van der Waals surface area contributed by atoms with Gasteiger partial charge in [-0.2, -0.15) is 0 Å². The quantitative estimate of drug-likeness (QED) is 0.852. The smallest absolute Gasteiger partial charge is 0.348 e. The molecule has 23 heavy (non-hydrogen) atoms. The van der Waals surface area contributed by atoms with Gasteiger partial charge < -0.3 is 14.8 Å². The number of nitrogens with one attached hydrogen (secondary N) is 1. The van der Waals surface area contributed by atoms with E-state index in [0.29, 0.717) is 16.6 Å². The number of ether oxygens (including phenoxy) is 2. The first-order valence-corrected chi connectivity index (χ1v) is 8.18. The monoisotopic (exact) mass is 337 g/mol. The number of carbonyl (C=O) groups is 2. The highest BCUT2D eigenvalue weighted by Gasteiger charge is 2.18. The van der Waals surface area contributed by atoms with Gasteiger partial charge in [-0.1, -0.05) is 6.07 Å². The van der Waals surface area contributed by atoms with Crippen molar-refractivity contribution in [3.8, 4) is 0 Å².